The number of allylic oxidation sites excluding steroid dienone is 2. The molecule has 0 amide bonds. The Balaban J connectivity index is 0.864. The van der Waals surface area contributed by atoms with Gasteiger partial charge < -0.3 is 134 Å². The molecule has 17 N–H and O–H groups in total. The van der Waals surface area contributed by atoms with Gasteiger partial charge in [0.25, 0.3) is 0 Å². The van der Waals surface area contributed by atoms with Gasteiger partial charge in [-0.3, -0.25) is 4.79 Å². The van der Waals surface area contributed by atoms with E-state index in [1.54, 1.807) is 0 Å². The number of esters is 1. The molecule has 28 nitrogen and oxygen atoms in total. The maximum absolute atomic E-state index is 15.4. The maximum Gasteiger partial charge on any atom is 0.317 e. The molecular formula is C57H92O28. The fourth-order valence-electron chi connectivity index (χ4n) is 17.4. The van der Waals surface area contributed by atoms with E-state index >= 15 is 4.79 Å². The second kappa shape index (κ2) is 24.0. The van der Waals surface area contributed by atoms with E-state index in [1.807, 2.05) is 6.92 Å². The van der Waals surface area contributed by atoms with E-state index < -0.39 is 238 Å². The van der Waals surface area contributed by atoms with Crippen molar-refractivity contribution in [2.24, 2.45) is 50.2 Å². The van der Waals surface area contributed by atoms with Gasteiger partial charge in [-0.2, -0.15) is 0 Å². The summed E-state index contributed by atoms with van der Waals surface area (Å²) in [6, 6.07) is 0. The van der Waals surface area contributed by atoms with Crippen LogP contribution in [0.3, 0.4) is 0 Å². The summed E-state index contributed by atoms with van der Waals surface area (Å²) in [7, 11) is 0. The Morgan fingerprint density at radius 3 is 1.89 bits per heavy atom. The molecule has 10 rings (SSSR count). The van der Waals surface area contributed by atoms with Crippen molar-refractivity contribution in [3.63, 3.8) is 0 Å². The quantitative estimate of drug-likeness (QED) is 0.0439. The first-order chi connectivity index (χ1) is 39.9. The second-order valence-electron chi connectivity index (χ2n) is 27.9. The summed E-state index contributed by atoms with van der Waals surface area (Å²) in [6.45, 7) is 7.41. The van der Waals surface area contributed by atoms with Crippen LogP contribution in [0, 0.1) is 50.2 Å². The molecule has 31 atom stereocenters. The topological polar surface area (TPSA) is 453 Å². The van der Waals surface area contributed by atoms with E-state index in [2.05, 4.69) is 33.8 Å². The van der Waals surface area contributed by atoms with Gasteiger partial charge >= 0.3 is 5.97 Å². The summed E-state index contributed by atoms with van der Waals surface area (Å²) in [5, 5.41) is 188. The third-order valence-corrected chi connectivity index (χ3v) is 22.6. The van der Waals surface area contributed by atoms with Gasteiger partial charge in [0, 0.05) is 5.41 Å². The lowest BCUT2D eigenvalue weighted by Crippen LogP contribution is -2.71. The minimum atomic E-state index is -2.08. The van der Waals surface area contributed by atoms with E-state index in [9.17, 15) is 86.8 Å². The minimum absolute atomic E-state index is 0.0767. The van der Waals surface area contributed by atoms with Crippen LogP contribution in [-0.4, -0.2) is 286 Å². The fourth-order valence-corrected chi connectivity index (χ4v) is 17.4. The molecule has 5 aliphatic carbocycles. The highest BCUT2D eigenvalue weighted by molar-refractivity contribution is 5.80. The van der Waals surface area contributed by atoms with Gasteiger partial charge in [-0.25, -0.2) is 0 Å². The van der Waals surface area contributed by atoms with Crippen LogP contribution in [0.25, 0.3) is 0 Å². The zero-order chi connectivity index (χ0) is 62.1. The fraction of sp³-hybridized carbons (Fsp3) is 0.947. The summed E-state index contributed by atoms with van der Waals surface area (Å²) >= 11 is 0. The number of hydrogen-bond acceptors (Lipinski definition) is 28. The van der Waals surface area contributed by atoms with Gasteiger partial charge in [0.2, 0.25) is 6.29 Å². The van der Waals surface area contributed by atoms with E-state index in [4.69, 9.17) is 47.4 Å². The van der Waals surface area contributed by atoms with Crippen LogP contribution < -0.4 is 0 Å². The van der Waals surface area contributed by atoms with Crippen molar-refractivity contribution in [1.29, 1.82) is 0 Å². The highest BCUT2D eigenvalue weighted by Crippen LogP contribution is 2.76. The predicted octanol–water partition coefficient (Wildman–Crippen LogP) is -5.38. The molecule has 5 heterocycles. The lowest BCUT2D eigenvalue weighted by molar-refractivity contribution is -0.372. The van der Waals surface area contributed by atoms with Crippen LogP contribution in [0.4, 0.5) is 0 Å². The van der Waals surface area contributed by atoms with Crippen LogP contribution in [0.1, 0.15) is 92.9 Å². The third kappa shape index (κ3) is 10.6. The lowest BCUT2D eigenvalue weighted by Gasteiger charge is -2.72. The van der Waals surface area contributed by atoms with E-state index in [1.165, 1.54) is 6.92 Å². The zero-order valence-corrected chi connectivity index (χ0v) is 48.8. The Morgan fingerprint density at radius 1 is 0.600 bits per heavy atom. The molecule has 0 unspecified atom stereocenters. The molecule has 4 saturated carbocycles. The monoisotopic (exact) mass is 1220 g/mol. The summed E-state index contributed by atoms with van der Waals surface area (Å²) in [5.41, 5.74) is -6.87. The summed E-state index contributed by atoms with van der Waals surface area (Å²) in [6.07, 6.45) is -32.8. The van der Waals surface area contributed by atoms with Gasteiger partial charge in [-0.05, 0) is 97.7 Å². The molecule has 0 radical (unpaired) electrons. The SMILES string of the molecule is C[C@@H]1O[C@@H](O[C@H]2[C@H](OC(=O)[C@]34CCC(C)(C)C[C@H]3C3=CC[C@@H]5[C@@]6(C)C[C@H](O)[C@H](O[C@@H]7O[C@H](CO)[C@@H](O)[C@H](O)[C@H]7O)C(CO)(CO)[C@H]6CC[C@@]5(C)[C@]3(C)C[C@H]4O)OC[C@H](O)[C@@H]2O)[C@H](O)[C@H](O)[C@H]1O[C@@H]1OC[C@@H](O)[C@H](O[C@@H]2OC[C@](O)(CO)[C@H]2O)[C@H]1O. The van der Waals surface area contributed by atoms with Crippen molar-refractivity contribution < 1.29 is 139 Å². The second-order valence-corrected chi connectivity index (χ2v) is 27.9. The van der Waals surface area contributed by atoms with Gasteiger partial charge in [0.05, 0.1) is 70.7 Å². The first kappa shape index (κ1) is 66.1. The molecule has 5 aliphatic heterocycles. The molecule has 488 valence electrons. The molecule has 0 aromatic heterocycles. The van der Waals surface area contributed by atoms with Crippen LogP contribution in [0.15, 0.2) is 11.6 Å². The average molecular weight is 1230 g/mol. The van der Waals surface area contributed by atoms with Crippen molar-refractivity contribution in [2.75, 3.05) is 46.2 Å². The number of aliphatic hydroxyl groups excluding tert-OH is 16. The number of rotatable bonds is 14. The third-order valence-electron chi connectivity index (χ3n) is 22.6. The van der Waals surface area contributed by atoms with Crippen LogP contribution in [-0.2, 0) is 52.2 Å². The number of carbonyl (C=O) groups excluding carboxylic acids is 1. The standard InChI is InChI=1S/C57H92O28/c1-23-40(81-45-39(72)41(28(64)18-76-45)82-49-43(73)56(75,21-61)22-78-49)36(69)38(71)46(79-23)83-42-33(66)27(63)17-77-48(42)85-50(74)57-12-11-51(2,3)13-25(57)24-7-8-30-52(4)14-26(62)44(84-47-37(70)35(68)34(67)29(16-58)80-47)55(19-59,20-60)31(52)9-10-53(30,5)54(24,6)15-32(57)65/h7,23,25-49,58-73,75H,8-22H2,1-6H3/t23-,25-,26-,27-,28+,29+,30+,31-,32+,33-,34+,35-,36-,37+,38+,39+,40-,41-,42+,43-,44-,45-,46-,47-,48-,49-,52+,53+,54+,56+,57+/m0/s1. The Morgan fingerprint density at radius 2 is 1.24 bits per heavy atom. The summed E-state index contributed by atoms with van der Waals surface area (Å²) in [5.74, 6) is -2.25. The van der Waals surface area contributed by atoms with Crippen molar-refractivity contribution in [3.05, 3.63) is 11.6 Å². The Hall–Kier alpha value is -1.83. The Bertz CT molecular complexity index is 2380. The molecule has 0 bridgehead atoms. The van der Waals surface area contributed by atoms with E-state index in [0.29, 0.717) is 32.1 Å². The van der Waals surface area contributed by atoms with Gasteiger partial charge in [-0.15, -0.1) is 0 Å². The number of ether oxygens (including phenoxy) is 10. The number of hydrogen-bond donors (Lipinski definition) is 17. The normalized spacial score (nSPS) is 54.0. The summed E-state index contributed by atoms with van der Waals surface area (Å²) < 4.78 is 58.5. The van der Waals surface area contributed by atoms with Crippen molar-refractivity contribution >= 4 is 5.97 Å². The molecular weight excluding hydrogens is 1130 g/mol. The molecule has 10 aliphatic rings. The highest BCUT2D eigenvalue weighted by atomic mass is 16.8. The number of fused-ring (bicyclic) bond motifs is 7. The first-order valence-electron chi connectivity index (χ1n) is 29.9. The molecule has 28 heteroatoms. The molecule has 0 spiro atoms. The maximum atomic E-state index is 15.4. The van der Waals surface area contributed by atoms with Crippen LogP contribution in [0.2, 0.25) is 0 Å². The molecule has 5 saturated heterocycles. The van der Waals surface area contributed by atoms with Crippen molar-refractivity contribution in [1.82, 2.24) is 0 Å². The van der Waals surface area contributed by atoms with Crippen molar-refractivity contribution in [3.8, 4) is 0 Å². The summed E-state index contributed by atoms with van der Waals surface area (Å²) in [4.78, 5) is 15.4. The largest absolute Gasteiger partial charge is 0.432 e. The van der Waals surface area contributed by atoms with Gasteiger partial charge in [0.1, 0.15) is 90.4 Å². The predicted molar refractivity (Wildman–Crippen MR) is 282 cm³/mol. The zero-order valence-electron chi connectivity index (χ0n) is 48.8. The van der Waals surface area contributed by atoms with E-state index in [-0.39, 0.29) is 30.6 Å². The van der Waals surface area contributed by atoms with E-state index in [0.717, 1.165) is 5.57 Å². The Kier molecular flexibility index (Phi) is 18.7. The van der Waals surface area contributed by atoms with Crippen molar-refractivity contribution in [2.45, 2.75) is 240 Å². The molecule has 0 aromatic carbocycles. The molecule has 9 fully saturated rings. The first-order valence-corrected chi connectivity index (χ1v) is 29.9. The highest BCUT2D eigenvalue weighted by Gasteiger charge is 2.74. The van der Waals surface area contributed by atoms with Crippen LogP contribution >= 0.6 is 0 Å². The number of aliphatic hydroxyl groups is 17. The minimum Gasteiger partial charge on any atom is -0.432 e. The smallest absolute Gasteiger partial charge is 0.317 e. The van der Waals surface area contributed by atoms with Gasteiger partial charge in [0.15, 0.2) is 31.3 Å². The van der Waals surface area contributed by atoms with Gasteiger partial charge in [-0.1, -0.05) is 46.3 Å². The average Bonchev–Trinajstić information content (AvgIpc) is 0.951. The molecule has 0 aromatic rings. The Labute approximate surface area is 491 Å². The van der Waals surface area contributed by atoms with Crippen LogP contribution in [0.5, 0.6) is 0 Å². The lowest BCUT2D eigenvalue weighted by atomic mass is 9.33. The molecule has 85 heavy (non-hydrogen) atoms. The number of carbonyl (C=O) groups is 1.